The molecule has 0 spiro atoms. The number of carboxylic acids is 1. The van der Waals surface area contributed by atoms with Gasteiger partial charge in [-0.3, -0.25) is 4.79 Å². The molecule has 0 aromatic rings. The van der Waals surface area contributed by atoms with Crippen LogP contribution >= 0.6 is 0 Å². The van der Waals surface area contributed by atoms with E-state index in [1.54, 1.807) is 0 Å². The third kappa shape index (κ3) is 2.14. The van der Waals surface area contributed by atoms with Crippen LogP contribution in [0.3, 0.4) is 0 Å². The smallest absolute Gasteiger partial charge is 0.307 e. The number of aliphatic carboxylic acids is 1. The number of hydrogen-bond acceptors (Lipinski definition) is 2. The lowest BCUT2D eigenvalue weighted by atomic mass is 9.44. The fourth-order valence-electron chi connectivity index (χ4n) is 7.64. The number of fused-ring (bicyclic) bond motifs is 5. The fraction of sp³-hybridized carbons (Fsp3) is 0.950. The topological polar surface area (TPSA) is 57.5 Å². The van der Waals surface area contributed by atoms with E-state index in [0.717, 1.165) is 43.9 Å². The second kappa shape index (κ2) is 5.21. The number of aliphatic hydroxyl groups excluding tert-OH is 1. The summed E-state index contributed by atoms with van der Waals surface area (Å²) in [6.45, 7) is 4.77. The Hall–Kier alpha value is -0.570. The highest BCUT2D eigenvalue weighted by molar-refractivity contribution is 5.71. The van der Waals surface area contributed by atoms with E-state index in [9.17, 15) is 15.0 Å². The zero-order valence-corrected chi connectivity index (χ0v) is 14.6. The van der Waals surface area contributed by atoms with Crippen molar-refractivity contribution in [2.45, 2.75) is 77.7 Å². The van der Waals surface area contributed by atoms with Gasteiger partial charge in [-0.2, -0.15) is 0 Å². The van der Waals surface area contributed by atoms with E-state index < -0.39 is 5.97 Å². The van der Waals surface area contributed by atoms with E-state index in [2.05, 4.69) is 13.8 Å². The Kier molecular flexibility index (Phi) is 3.61. The number of hydrogen-bond donors (Lipinski definition) is 2. The first-order valence-corrected chi connectivity index (χ1v) is 9.77. The maximum Gasteiger partial charge on any atom is 0.307 e. The molecule has 8 atom stereocenters. The Morgan fingerprint density at radius 2 is 1.61 bits per heavy atom. The van der Waals surface area contributed by atoms with Crippen molar-refractivity contribution >= 4 is 5.97 Å². The van der Waals surface area contributed by atoms with Crippen molar-refractivity contribution in [3.8, 4) is 0 Å². The molecular formula is C20H32O3. The number of carbonyl (C=O) groups is 1. The molecule has 3 nitrogen and oxygen atoms in total. The van der Waals surface area contributed by atoms with E-state index in [-0.39, 0.29) is 17.4 Å². The van der Waals surface area contributed by atoms with Crippen LogP contribution in [-0.2, 0) is 4.79 Å². The van der Waals surface area contributed by atoms with E-state index >= 15 is 0 Å². The second-order valence-electron chi connectivity index (χ2n) is 9.60. The SMILES string of the molecule is CC12CC[C@H](O)CC1CCC1C2CCC2(C)C(C(=O)O)CCC12. The maximum absolute atomic E-state index is 11.7. The van der Waals surface area contributed by atoms with Crippen molar-refractivity contribution in [3.05, 3.63) is 0 Å². The molecule has 0 aromatic heterocycles. The third-order valence-electron chi connectivity index (χ3n) is 8.94. The van der Waals surface area contributed by atoms with Crippen molar-refractivity contribution in [2.75, 3.05) is 0 Å². The number of aliphatic hydroxyl groups is 1. The quantitative estimate of drug-likeness (QED) is 0.765. The fourth-order valence-corrected chi connectivity index (χ4v) is 7.64. The summed E-state index contributed by atoms with van der Waals surface area (Å²) in [6.07, 6.45) is 9.90. The highest BCUT2D eigenvalue weighted by atomic mass is 16.4. The van der Waals surface area contributed by atoms with Gasteiger partial charge in [-0.15, -0.1) is 0 Å². The van der Waals surface area contributed by atoms with Crippen LogP contribution in [0, 0.1) is 40.4 Å². The molecule has 0 saturated heterocycles. The largest absolute Gasteiger partial charge is 0.481 e. The lowest BCUT2D eigenvalue weighted by Crippen LogP contribution is -2.54. The standard InChI is InChI=1S/C20H32O3/c1-19-9-7-13(21)11-12(19)3-4-14-15-5-6-17(18(22)23)20(15,2)10-8-16(14)19/h12-17,21H,3-11H2,1-2H3,(H,22,23)/t12?,13-,14?,15?,16?,17?,19?,20?/m0/s1. The van der Waals surface area contributed by atoms with Crippen molar-refractivity contribution in [2.24, 2.45) is 40.4 Å². The lowest BCUT2D eigenvalue weighted by molar-refractivity contribution is -0.154. The monoisotopic (exact) mass is 320 g/mol. The van der Waals surface area contributed by atoms with Crippen LogP contribution in [-0.4, -0.2) is 22.3 Å². The molecule has 4 rings (SSSR count). The van der Waals surface area contributed by atoms with Crippen LogP contribution in [0.15, 0.2) is 0 Å². The van der Waals surface area contributed by atoms with Crippen LogP contribution in [0.5, 0.6) is 0 Å². The second-order valence-corrected chi connectivity index (χ2v) is 9.60. The molecule has 0 aliphatic heterocycles. The summed E-state index contributed by atoms with van der Waals surface area (Å²) in [5.41, 5.74) is 0.426. The molecule has 4 aliphatic rings. The molecule has 4 saturated carbocycles. The van der Waals surface area contributed by atoms with Gasteiger partial charge in [0.25, 0.3) is 0 Å². The Morgan fingerprint density at radius 3 is 2.35 bits per heavy atom. The van der Waals surface area contributed by atoms with Gasteiger partial charge in [-0.1, -0.05) is 13.8 Å². The molecular weight excluding hydrogens is 288 g/mol. The predicted molar refractivity (Wildman–Crippen MR) is 88.9 cm³/mol. The minimum Gasteiger partial charge on any atom is -0.481 e. The average molecular weight is 320 g/mol. The molecule has 3 heteroatoms. The Morgan fingerprint density at radius 1 is 0.913 bits per heavy atom. The van der Waals surface area contributed by atoms with Crippen LogP contribution in [0.2, 0.25) is 0 Å². The predicted octanol–water partition coefficient (Wildman–Crippen LogP) is 4.09. The van der Waals surface area contributed by atoms with Crippen molar-refractivity contribution in [3.63, 3.8) is 0 Å². The molecule has 4 aliphatic carbocycles. The Bertz CT molecular complexity index is 503. The van der Waals surface area contributed by atoms with E-state index in [4.69, 9.17) is 0 Å². The van der Waals surface area contributed by atoms with Gasteiger partial charge in [0.2, 0.25) is 0 Å². The molecule has 0 radical (unpaired) electrons. The Balaban J connectivity index is 1.61. The zero-order valence-electron chi connectivity index (χ0n) is 14.6. The molecule has 23 heavy (non-hydrogen) atoms. The van der Waals surface area contributed by atoms with E-state index in [0.29, 0.717) is 17.3 Å². The molecule has 7 unspecified atom stereocenters. The number of carboxylic acid groups (broad SMARTS) is 1. The summed E-state index contributed by atoms with van der Waals surface area (Å²) in [5.74, 6) is 2.12. The van der Waals surface area contributed by atoms with Crippen molar-refractivity contribution < 1.29 is 15.0 Å². The summed E-state index contributed by atoms with van der Waals surface area (Å²) >= 11 is 0. The van der Waals surface area contributed by atoms with Gasteiger partial charge in [-0.25, -0.2) is 0 Å². The molecule has 0 amide bonds. The molecule has 2 N–H and O–H groups in total. The van der Waals surface area contributed by atoms with Crippen molar-refractivity contribution in [1.29, 1.82) is 0 Å². The Labute approximate surface area is 139 Å². The molecule has 130 valence electrons. The third-order valence-corrected chi connectivity index (χ3v) is 8.94. The summed E-state index contributed by atoms with van der Waals surface area (Å²) in [4.78, 5) is 11.7. The summed E-state index contributed by atoms with van der Waals surface area (Å²) < 4.78 is 0. The van der Waals surface area contributed by atoms with Gasteiger partial charge in [-0.05, 0) is 92.3 Å². The van der Waals surface area contributed by atoms with Crippen LogP contribution in [0.25, 0.3) is 0 Å². The van der Waals surface area contributed by atoms with Gasteiger partial charge >= 0.3 is 5.97 Å². The van der Waals surface area contributed by atoms with E-state index in [1.807, 2.05) is 0 Å². The lowest BCUT2D eigenvalue weighted by Gasteiger charge is -2.60. The average Bonchev–Trinajstić information content (AvgIpc) is 2.85. The van der Waals surface area contributed by atoms with Crippen LogP contribution in [0.1, 0.15) is 71.6 Å². The van der Waals surface area contributed by atoms with Gasteiger partial charge in [0.05, 0.1) is 12.0 Å². The van der Waals surface area contributed by atoms with E-state index in [1.165, 1.54) is 25.7 Å². The first-order valence-electron chi connectivity index (χ1n) is 9.77. The summed E-state index contributed by atoms with van der Waals surface area (Å²) in [5, 5.41) is 19.7. The normalized spacial score (nSPS) is 55.6. The highest BCUT2D eigenvalue weighted by Gasteiger charge is 2.61. The minimum atomic E-state index is -0.561. The first-order chi connectivity index (χ1) is 10.9. The molecule has 0 bridgehead atoms. The van der Waals surface area contributed by atoms with Gasteiger partial charge in [0.15, 0.2) is 0 Å². The summed E-state index contributed by atoms with van der Waals surface area (Å²) in [6, 6.07) is 0. The van der Waals surface area contributed by atoms with Crippen LogP contribution < -0.4 is 0 Å². The van der Waals surface area contributed by atoms with Crippen molar-refractivity contribution in [1.82, 2.24) is 0 Å². The molecule has 4 fully saturated rings. The minimum absolute atomic E-state index is 0.0321. The number of rotatable bonds is 1. The maximum atomic E-state index is 11.7. The zero-order chi connectivity index (χ0) is 16.4. The van der Waals surface area contributed by atoms with Crippen LogP contribution in [0.4, 0.5) is 0 Å². The van der Waals surface area contributed by atoms with Gasteiger partial charge in [0, 0.05) is 0 Å². The highest BCUT2D eigenvalue weighted by Crippen LogP contribution is 2.67. The molecule has 0 aromatic carbocycles. The van der Waals surface area contributed by atoms with Gasteiger partial charge < -0.3 is 10.2 Å². The molecule has 0 heterocycles. The summed E-state index contributed by atoms with van der Waals surface area (Å²) in [7, 11) is 0. The van der Waals surface area contributed by atoms with Gasteiger partial charge in [0.1, 0.15) is 0 Å². The first kappa shape index (κ1) is 15.9.